The Balaban J connectivity index is 1.66. The lowest BCUT2D eigenvalue weighted by atomic mass is 10.1. The molecule has 0 atom stereocenters. The molecule has 3 aromatic rings. The molecule has 1 N–H and O–H groups in total. The van der Waals surface area contributed by atoms with Gasteiger partial charge in [-0.1, -0.05) is 24.1 Å². The number of carbonyl (C=O) groups is 1. The second-order valence-corrected chi connectivity index (χ2v) is 6.16. The highest BCUT2D eigenvalue weighted by Gasteiger charge is 2.10. The molecule has 0 aliphatic heterocycles. The molecule has 0 radical (unpaired) electrons. The predicted molar refractivity (Wildman–Crippen MR) is 114 cm³/mol. The summed E-state index contributed by atoms with van der Waals surface area (Å²) in [5.41, 5.74) is 2.55. The highest BCUT2D eigenvalue weighted by atomic mass is 19.3. The monoisotopic (exact) mass is 420 g/mol. The van der Waals surface area contributed by atoms with Crippen molar-refractivity contribution in [3.05, 3.63) is 89.8 Å². The average molecular weight is 420 g/mol. The quantitative estimate of drug-likeness (QED) is 0.462. The van der Waals surface area contributed by atoms with Gasteiger partial charge < -0.3 is 14.8 Å². The highest BCUT2D eigenvalue weighted by Crippen LogP contribution is 2.29. The number of amides is 1. The number of pyridine rings is 1. The predicted octanol–water partition coefficient (Wildman–Crippen LogP) is 4.74. The van der Waals surface area contributed by atoms with E-state index in [-0.39, 0.29) is 17.4 Å². The van der Waals surface area contributed by atoms with E-state index in [2.05, 4.69) is 26.9 Å². The van der Waals surface area contributed by atoms with Gasteiger partial charge in [0.15, 0.2) is 11.5 Å². The minimum Gasteiger partial charge on any atom is -0.493 e. The maximum atomic E-state index is 12.4. The summed E-state index contributed by atoms with van der Waals surface area (Å²) in [6.45, 7) is -2.95. The van der Waals surface area contributed by atoms with Crippen molar-refractivity contribution in [2.75, 3.05) is 12.4 Å². The molecule has 0 fully saturated rings. The summed E-state index contributed by atoms with van der Waals surface area (Å²) >= 11 is 0. The molecule has 1 aromatic heterocycles. The van der Waals surface area contributed by atoms with Crippen molar-refractivity contribution in [1.29, 1.82) is 0 Å². The van der Waals surface area contributed by atoms with Crippen LogP contribution in [0.4, 0.5) is 14.5 Å². The van der Waals surface area contributed by atoms with Gasteiger partial charge in [0, 0.05) is 23.5 Å². The number of aromatic nitrogens is 1. The summed E-state index contributed by atoms with van der Waals surface area (Å²) in [7, 11) is 1.34. The van der Waals surface area contributed by atoms with E-state index in [0.29, 0.717) is 16.9 Å². The molecule has 0 aliphatic carbocycles. The Kier molecular flexibility index (Phi) is 7.33. The number of hydrogen-bond acceptors (Lipinski definition) is 4. The van der Waals surface area contributed by atoms with Crippen molar-refractivity contribution in [3.8, 4) is 23.3 Å². The fourth-order valence-corrected chi connectivity index (χ4v) is 2.58. The van der Waals surface area contributed by atoms with Crippen molar-refractivity contribution in [3.63, 3.8) is 0 Å². The van der Waals surface area contributed by atoms with E-state index >= 15 is 0 Å². The lowest BCUT2D eigenvalue weighted by Gasteiger charge is -2.10. The Morgan fingerprint density at radius 3 is 2.68 bits per heavy atom. The lowest BCUT2D eigenvalue weighted by Crippen LogP contribution is -2.07. The van der Waals surface area contributed by atoms with Crippen LogP contribution in [0.1, 0.15) is 16.8 Å². The van der Waals surface area contributed by atoms with E-state index in [1.165, 1.54) is 37.5 Å². The number of anilines is 1. The lowest BCUT2D eigenvalue weighted by molar-refractivity contribution is -0.111. The zero-order chi connectivity index (χ0) is 22.1. The van der Waals surface area contributed by atoms with E-state index in [1.54, 1.807) is 24.4 Å². The van der Waals surface area contributed by atoms with Gasteiger partial charge in [-0.2, -0.15) is 8.78 Å². The van der Waals surface area contributed by atoms with Crippen LogP contribution in [0.5, 0.6) is 11.5 Å². The average Bonchev–Trinajstić information content (AvgIpc) is 2.77. The zero-order valence-corrected chi connectivity index (χ0v) is 16.5. The minimum atomic E-state index is -2.95. The summed E-state index contributed by atoms with van der Waals surface area (Å²) in [6.07, 6.45) is 4.53. The molecule has 0 spiro atoms. The van der Waals surface area contributed by atoms with Crippen LogP contribution < -0.4 is 14.8 Å². The summed E-state index contributed by atoms with van der Waals surface area (Å²) in [4.78, 5) is 16.4. The maximum Gasteiger partial charge on any atom is 0.387 e. The third-order valence-electron chi connectivity index (χ3n) is 3.96. The van der Waals surface area contributed by atoms with E-state index in [4.69, 9.17) is 4.74 Å². The van der Waals surface area contributed by atoms with Crippen LogP contribution in [0.2, 0.25) is 0 Å². The number of carbonyl (C=O) groups excluding carboxylic acids is 1. The number of nitrogens with one attached hydrogen (secondary N) is 1. The molecule has 0 saturated carbocycles. The normalized spacial score (nSPS) is 10.5. The fourth-order valence-electron chi connectivity index (χ4n) is 2.58. The second kappa shape index (κ2) is 10.6. The topological polar surface area (TPSA) is 60.5 Å². The van der Waals surface area contributed by atoms with Crippen molar-refractivity contribution in [2.24, 2.45) is 0 Å². The largest absolute Gasteiger partial charge is 0.493 e. The number of halogens is 2. The number of nitrogens with zero attached hydrogens (tertiary/aromatic N) is 1. The number of methoxy groups -OCH3 is 1. The van der Waals surface area contributed by atoms with Gasteiger partial charge in [-0.15, -0.1) is 0 Å². The summed E-state index contributed by atoms with van der Waals surface area (Å²) in [5, 5.41) is 2.75. The molecule has 1 heterocycles. The van der Waals surface area contributed by atoms with Crippen LogP contribution >= 0.6 is 0 Å². The third kappa shape index (κ3) is 6.68. The van der Waals surface area contributed by atoms with Gasteiger partial charge in [0.2, 0.25) is 5.91 Å². The molecule has 0 saturated heterocycles. The summed E-state index contributed by atoms with van der Waals surface area (Å²) < 4.78 is 34.2. The first-order chi connectivity index (χ1) is 15.0. The molecular formula is C24H18F2N2O3. The van der Waals surface area contributed by atoms with Crippen LogP contribution in [0.25, 0.3) is 6.08 Å². The van der Waals surface area contributed by atoms with Crippen LogP contribution in [0.15, 0.2) is 72.9 Å². The Bertz CT molecular complexity index is 1140. The Labute approximate surface area is 178 Å². The third-order valence-corrected chi connectivity index (χ3v) is 3.96. The number of hydrogen-bond donors (Lipinski definition) is 1. The number of benzene rings is 2. The molecule has 1 amide bonds. The van der Waals surface area contributed by atoms with Crippen LogP contribution in [0, 0.1) is 11.8 Å². The number of ether oxygens (including phenoxy) is 2. The standard InChI is InChI=1S/C24H18F2N2O3/c1-30-22-16-18(9-12-21(22)31-24(25)26)10-13-23(29)28-20-7-4-5-17(15-20)8-11-19-6-2-3-14-27-19/h2-7,9-10,12-16,24H,1H3,(H,28,29)/b13-10+. The van der Waals surface area contributed by atoms with E-state index in [0.717, 1.165) is 5.56 Å². The van der Waals surface area contributed by atoms with E-state index in [9.17, 15) is 13.6 Å². The smallest absolute Gasteiger partial charge is 0.387 e. The second-order valence-electron chi connectivity index (χ2n) is 6.16. The molecule has 0 unspecified atom stereocenters. The SMILES string of the molecule is COc1cc(/C=C/C(=O)Nc2cccc(C#Cc3ccccn3)c2)ccc1OC(F)F. The molecule has 2 aromatic carbocycles. The Hall–Kier alpha value is -4.18. The van der Waals surface area contributed by atoms with E-state index < -0.39 is 6.61 Å². The maximum absolute atomic E-state index is 12.4. The van der Waals surface area contributed by atoms with Crippen molar-refractivity contribution in [1.82, 2.24) is 4.98 Å². The van der Waals surface area contributed by atoms with Gasteiger partial charge in [-0.25, -0.2) is 4.98 Å². The molecule has 0 aliphatic rings. The van der Waals surface area contributed by atoms with Crippen molar-refractivity contribution >= 4 is 17.7 Å². The van der Waals surface area contributed by atoms with Gasteiger partial charge in [0.1, 0.15) is 5.69 Å². The van der Waals surface area contributed by atoms with Crippen LogP contribution in [-0.2, 0) is 4.79 Å². The van der Waals surface area contributed by atoms with Crippen molar-refractivity contribution < 1.29 is 23.0 Å². The first-order valence-electron chi connectivity index (χ1n) is 9.18. The molecule has 31 heavy (non-hydrogen) atoms. The van der Waals surface area contributed by atoms with Gasteiger partial charge in [-0.05, 0) is 60.0 Å². The number of alkyl halides is 2. The molecule has 7 heteroatoms. The van der Waals surface area contributed by atoms with Gasteiger partial charge in [0.25, 0.3) is 0 Å². The molecule has 5 nitrogen and oxygen atoms in total. The highest BCUT2D eigenvalue weighted by molar-refractivity contribution is 6.02. The van der Waals surface area contributed by atoms with Crippen molar-refractivity contribution in [2.45, 2.75) is 6.61 Å². The molecule has 0 bridgehead atoms. The van der Waals surface area contributed by atoms with Gasteiger partial charge in [-0.3, -0.25) is 4.79 Å². The molecular weight excluding hydrogens is 402 g/mol. The Morgan fingerprint density at radius 1 is 1.06 bits per heavy atom. The first-order valence-corrected chi connectivity index (χ1v) is 9.18. The summed E-state index contributed by atoms with van der Waals surface area (Å²) in [6, 6.07) is 17.0. The minimum absolute atomic E-state index is 0.0808. The molecule has 156 valence electrons. The Morgan fingerprint density at radius 2 is 1.94 bits per heavy atom. The van der Waals surface area contributed by atoms with Crippen LogP contribution in [0.3, 0.4) is 0 Å². The van der Waals surface area contributed by atoms with Gasteiger partial charge in [0.05, 0.1) is 7.11 Å². The summed E-state index contributed by atoms with van der Waals surface area (Å²) in [5.74, 6) is 5.66. The fraction of sp³-hybridized carbons (Fsp3) is 0.0833. The first kappa shape index (κ1) is 21.5. The zero-order valence-electron chi connectivity index (χ0n) is 16.5. The van der Waals surface area contributed by atoms with E-state index in [1.807, 2.05) is 24.3 Å². The molecule has 3 rings (SSSR count). The van der Waals surface area contributed by atoms with Gasteiger partial charge >= 0.3 is 6.61 Å². The van der Waals surface area contributed by atoms with Crippen LogP contribution in [-0.4, -0.2) is 24.6 Å². The number of rotatable bonds is 6.